The van der Waals surface area contributed by atoms with Crippen LogP contribution >= 0.6 is 0 Å². The van der Waals surface area contributed by atoms with Crippen molar-refractivity contribution >= 4 is 5.97 Å². The maximum atomic E-state index is 10.6. The highest BCUT2D eigenvalue weighted by Crippen LogP contribution is 2.10. The number of ether oxygens (including phenoxy) is 1. The van der Waals surface area contributed by atoms with Crippen molar-refractivity contribution in [1.29, 1.82) is 0 Å². The molecule has 4 nitrogen and oxygen atoms in total. The summed E-state index contributed by atoms with van der Waals surface area (Å²) in [5.41, 5.74) is 4.44. The number of carboxylic acids is 1. The van der Waals surface area contributed by atoms with Crippen LogP contribution in [0.5, 0.6) is 0 Å². The van der Waals surface area contributed by atoms with Crippen molar-refractivity contribution in [1.82, 2.24) is 0 Å². The van der Waals surface area contributed by atoms with E-state index in [0.717, 1.165) is 12.8 Å². The molecule has 0 saturated heterocycles. The summed E-state index contributed by atoms with van der Waals surface area (Å²) in [6, 6.07) is 0. The average molecular weight is 189 g/mol. The van der Waals surface area contributed by atoms with Crippen LogP contribution < -0.4 is 5.73 Å². The first-order chi connectivity index (χ1) is 6.00. The molecule has 0 spiro atoms. The quantitative estimate of drug-likeness (QED) is 0.586. The minimum atomic E-state index is -1.09. The third kappa shape index (κ3) is 5.60. The van der Waals surface area contributed by atoms with Gasteiger partial charge >= 0.3 is 5.97 Å². The van der Waals surface area contributed by atoms with Gasteiger partial charge in [0.05, 0.1) is 0 Å². The number of hydrogen-bond acceptors (Lipinski definition) is 3. The van der Waals surface area contributed by atoms with E-state index < -0.39 is 11.5 Å². The molecule has 0 heterocycles. The zero-order valence-corrected chi connectivity index (χ0v) is 8.38. The van der Waals surface area contributed by atoms with E-state index in [1.165, 1.54) is 6.92 Å². The van der Waals surface area contributed by atoms with Crippen LogP contribution in [0.1, 0.15) is 33.1 Å². The van der Waals surface area contributed by atoms with Crippen molar-refractivity contribution in [3.05, 3.63) is 0 Å². The molecule has 13 heavy (non-hydrogen) atoms. The molecule has 0 saturated carbocycles. The molecule has 1 atom stereocenters. The van der Waals surface area contributed by atoms with Crippen LogP contribution in [0.4, 0.5) is 0 Å². The molecule has 0 aromatic rings. The highest BCUT2D eigenvalue weighted by atomic mass is 16.5. The van der Waals surface area contributed by atoms with Crippen molar-refractivity contribution in [3.8, 4) is 0 Å². The minimum absolute atomic E-state index is 0.495. The van der Waals surface area contributed by atoms with Gasteiger partial charge in [0.1, 0.15) is 5.54 Å². The molecule has 0 aliphatic carbocycles. The van der Waals surface area contributed by atoms with Crippen LogP contribution in [0.3, 0.4) is 0 Å². The Morgan fingerprint density at radius 3 is 2.62 bits per heavy atom. The molecule has 0 aromatic heterocycles. The molecular weight excluding hydrogens is 170 g/mol. The fourth-order valence-electron chi connectivity index (χ4n) is 0.948. The molecule has 0 aromatic carbocycles. The first-order valence-electron chi connectivity index (χ1n) is 4.60. The maximum absolute atomic E-state index is 10.6. The van der Waals surface area contributed by atoms with Crippen molar-refractivity contribution in [2.75, 3.05) is 13.2 Å². The van der Waals surface area contributed by atoms with Crippen molar-refractivity contribution in [2.24, 2.45) is 5.73 Å². The second kappa shape index (κ2) is 5.94. The molecule has 0 aliphatic heterocycles. The van der Waals surface area contributed by atoms with Gasteiger partial charge in [0, 0.05) is 13.2 Å². The van der Waals surface area contributed by atoms with Crippen LogP contribution in [0.25, 0.3) is 0 Å². The van der Waals surface area contributed by atoms with Crippen LogP contribution in [-0.4, -0.2) is 29.8 Å². The topological polar surface area (TPSA) is 72.5 Å². The van der Waals surface area contributed by atoms with Gasteiger partial charge in [-0.15, -0.1) is 0 Å². The SMILES string of the molecule is CCOCCCCC(C)(N)C(=O)O. The van der Waals surface area contributed by atoms with E-state index in [0.29, 0.717) is 19.6 Å². The highest BCUT2D eigenvalue weighted by Gasteiger charge is 2.26. The number of carboxylic acid groups (broad SMARTS) is 1. The zero-order chi connectivity index (χ0) is 10.3. The normalized spacial score (nSPS) is 15.3. The fraction of sp³-hybridized carbons (Fsp3) is 0.889. The van der Waals surface area contributed by atoms with Gasteiger partial charge in [-0.1, -0.05) is 0 Å². The summed E-state index contributed by atoms with van der Waals surface area (Å²) < 4.78 is 5.12. The Hall–Kier alpha value is -0.610. The lowest BCUT2D eigenvalue weighted by molar-refractivity contribution is -0.142. The Balaban J connectivity index is 3.46. The molecule has 3 N–H and O–H groups in total. The first kappa shape index (κ1) is 12.4. The third-order valence-electron chi connectivity index (χ3n) is 1.93. The number of carbonyl (C=O) groups is 1. The summed E-state index contributed by atoms with van der Waals surface area (Å²) in [7, 11) is 0. The Bertz CT molecular complexity index is 157. The van der Waals surface area contributed by atoms with Gasteiger partial charge in [-0.3, -0.25) is 4.79 Å². The number of aliphatic carboxylic acids is 1. The minimum Gasteiger partial charge on any atom is -0.480 e. The van der Waals surface area contributed by atoms with E-state index in [1.54, 1.807) is 0 Å². The van der Waals surface area contributed by atoms with E-state index in [1.807, 2.05) is 6.92 Å². The van der Waals surface area contributed by atoms with Gasteiger partial charge in [-0.25, -0.2) is 0 Å². The van der Waals surface area contributed by atoms with E-state index >= 15 is 0 Å². The van der Waals surface area contributed by atoms with E-state index in [4.69, 9.17) is 15.6 Å². The maximum Gasteiger partial charge on any atom is 0.323 e. The molecule has 0 radical (unpaired) electrons. The second-order valence-electron chi connectivity index (χ2n) is 3.38. The largest absolute Gasteiger partial charge is 0.480 e. The third-order valence-corrected chi connectivity index (χ3v) is 1.93. The zero-order valence-electron chi connectivity index (χ0n) is 8.38. The summed E-state index contributed by atoms with van der Waals surface area (Å²) >= 11 is 0. The first-order valence-corrected chi connectivity index (χ1v) is 4.60. The van der Waals surface area contributed by atoms with Crippen molar-refractivity contribution < 1.29 is 14.6 Å². The lowest BCUT2D eigenvalue weighted by atomic mass is 9.97. The molecule has 0 rings (SSSR count). The predicted octanol–water partition coefficient (Wildman–Crippen LogP) is 0.995. The summed E-state index contributed by atoms with van der Waals surface area (Å²) in [5, 5.41) is 8.69. The van der Waals surface area contributed by atoms with Gasteiger partial charge in [-0.2, -0.15) is 0 Å². The highest BCUT2D eigenvalue weighted by molar-refractivity contribution is 5.77. The summed E-state index contributed by atoms with van der Waals surface area (Å²) in [6.07, 6.45) is 2.16. The Morgan fingerprint density at radius 1 is 1.54 bits per heavy atom. The summed E-state index contributed by atoms with van der Waals surface area (Å²) in [5.74, 6) is -0.941. The average Bonchev–Trinajstić information content (AvgIpc) is 2.03. The Kier molecular flexibility index (Phi) is 5.66. The van der Waals surface area contributed by atoms with Crippen LogP contribution in [0.2, 0.25) is 0 Å². The van der Waals surface area contributed by atoms with Gasteiger partial charge in [0.15, 0.2) is 0 Å². The molecular formula is C9H19NO3. The molecule has 0 aliphatic rings. The number of nitrogens with two attached hydrogens (primary N) is 1. The number of hydrogen-bond donors (Lipinski definition) is 2. The monoisotopic (exact) mass is 189 g/mol. The smallest absolute Gasteiger partial charge is 0.323 e. The lowest BCUT2D eigenvalue weighted by Crippen LogP contribution is -2.44. The van der Waals surface area contributed by atoms with Gasteiger partial charge in [-0.05, 0) is 33.1 Å². The summed E-state index contributed by atoms with van der Waals surface area (Å²) in [6.45, 7) is 4.87. The van der Waals surface area contributed by atoms with Crippen molar-refractivity contribution in [3.63, 3.8) is 0 Å². The molecule has 1 unspecified atom stereocenters. The van der Waals surface area contributed by atoms with Gasteiger partial charge in [0.25, 0.3) is 0 Å². The molecule has 0 amide bonds. The lowest BCUT2D eigenvalue weighted by Gasteiger charge is -2.18. The Morgan fingerprint density at radius 2 is 2.15 bits per heavy atom. The molecule has 0 bridgehead atoms. The van der Waals surface area contributed by atoms with E-state index in [2.05, 4.69) is 0 Å². The number of rotatable bonds is 7. The van der Waals surface area contributed by atoms with Gasteiger partial charge < -0.3 is 15.6 Å². The molecule has 4 heteroatoms. The van der Waals surface area contributed by atoms with E-state index in [9.17, 15) is 4.79 Å². The second-order valence-corrected chi connectivity index (χ2v) is 3.38. The number of unbranched alkanes of at least 4 members (excludes halogenated alkanes) is 1. The molecule has 78 valence electrons. The molecule has 0 fully saturated rings. The van der Waals surface area contributed by atoms with Crippen molar-refractivity contribution in [2.45, 2.75) is 38.6 Å². The van der Waals surface area contributed by atoms with Crippen LogP contribution in [0, 0.1) is 0 Å². The van der Waals surface area contributed by atoms with Crippen LogP contribution in [0.15, 0.2) is 0 Å². The Labute approximate surface area is 79.1 Å². The van der Waals surface area contributed by atoms with Gasteiger partial charge in [0.2, 0.25) is 0 Å². The standard InChI is InChI=1S/C9H19NO3/c1-3-13-7-5-4-6-9(2,10)8(11)12/h3-7,10H2,1-2H3,(H,11,12). The predicted molar refractivity (Wildman–Crippen MR) is 50.6 cm³/mol. The summed E-state index contributed by atoms with van der Waals surface area (Å²) in [4.78, 5) is 10.6. The van der Waals surface area contributed by atoms with Crippen LogP contribution in [-0.2, 0) is 9.53 Å². The fourth-order valence-corrected chi connectivity index (χ4v) is 0.948. The van der Waals surface area contributed by atoms with E-state index in [-0.39, 0.29) is 0 Å².